The Bertz CT molecular complexity index is 1400. The number of hydrogen-bond donors (Lipinski definition) is 3. The third-order valence-corrected chi connectivity index (χ3v) is 5.35. The van der Waals surface area contributed by atoms with Crippen LogP contribution < -0.4 is 10.2 Å². The molecule has 154 valence electrons. The van der Waals surface area contributed by atoms with Crippen LogP contribution in [0.3, 0.4) is 0 Å². The molecule has 1 aromatic heterocycles. The van der Waals surface area contributed by atoms with E-state index in [2.05, 4.69) is 0 Å². The third kappa shape index (κ3) is 3.16. The van der Waals surface area contributed by atoms with Crippen LogP contribution in [-0.2, 0) is 4.79 Å². The lowest BCUT2D eigenvalue weighted by Crippen LogP contribution is -2.22. The number of fused-ring (bicyclic) bond motifs is 3. The van der Waals surface area contributed by atoms with Gasteiger partial charge in [-0.2, -0.15) is 0 Å². The Labute approximate surface area is 175 Å². The number of carbonyl (C=O) groups excluding carboxylic acids is 1. The first-order chi connectivity index (χ1) is 14.9. The molecule has 0 unspecified atom stereocenters. The number of esters is 1. The highest BCUT2D eigenvalue weighted by atomic mass is 16.5. The first-order valence-electron chi connectivity index (χ1n) is 9.53. The minimum atomic E-state index is -0.551. The Morgan fingerprint density at radius 2 is 1.65 bits per heavy atom. The van der Waals surface area contributed by atoms with E-state index in [0.717, 1.165) is 0 Å². The van der Waals surface area contributed by atoms with Gasteiger partial charge in [0, 0.05) is 29.2 Å². The molecule has 31 heavy (non-hydrogen) atoms. The van der Waals surface area contributed by atoms with E-state index in [9.17, 15) is 24.9 Å². The summed E-state index contributed by atoms with van der Waals surface area (Å²) >= 11 is 0. The summed E-state index contributed by atoms with van der Waals surface area (Å²) in [5.41, 5.74) is 1.27. The summed E-state index contributed by atoms with van der Waals surface area (Å²) in [5, 5.41) is 29.9. The Morgan fingerprint density at radius 3 is 2.39 bits per heavy atom. The molecule has 0 radical (unpaired) electrons. The standard InChI is InChI=1S/C24H16O7/c25-14-6-4-12(5-7-14)19-10-17(27)23-18(28)11-20-22(24(23)31-19)16(9-21(29)30-20)13-2-1-3-15(26)8-13/h1-8,10-11,16,25-26,28H,9H2/t16-/m0/s1. The van der Waals surface area contributed by atoms with Gasteiger partial charge >= 0.3 is 5.97 Å². The zero-order valence-electron chi connectivity index (χ0n) is 16.0. The minimum absolute atomic E-state index is 0.0237. The van der Waals surface area contributed by atoms with Crippen molar-refractivity contribution in [2.45, 2.75) is 12.3 Å². The molecule has 0 aliphatic carbocycles. The van der Waals surface area contributed by atoms with E-state index in [1.807, 2.05) is 0 Å². The summed E-state index contributed by atoms with van der Waals surface area (Å²) in [6.45, 7) is 0. The fourth-order valence-electron chi connectivity index (χ4n) is 3.95. The minimum Gasteiger partial charge on any atom is -0.508 e. The van der Waals surface area contributed by atoms with Crippen LogP contribution in [0.2, 0.25) is 0 Å². The molecule has 5 rings (SSSR count). The van der Waals surface area contributed by atoms with Gasteiger partial charge in [-0.1, -0.05) is 12.1 Å². The average molecular weight is 416 g/mol. The second-order valence-electron chi connectivity index (χ2n) is 7.36. The maximum Gasteiger partial charge on any atom is 0.312 e. The van der Waals surface area contributed by atoms with Crippen LogP contribution in [0.1, 0.15) is 23.5 Å². The monoisotopic (exact) mass is 416 g/mol. The van der Waals surface area contributed by atoms with Crippen LogP contribution in [0.15, 0.2) is 69.9 Å². The highest BCUT2D eigenvalue weighted by molar-refractivity contribution is 5.93. The van der Waals surface area contributed by atoms with Crippen molar-refractivity contribution in [1.82, 2.24) is 0 Å². The summed E-state index contributed by atoms with van der Waals surface area (Å²) in [6, 6.07) is 15.1. The molecule has 3 aromatic carbocycles. The SMILES string of the molecule is O=C1C[C@@H](c2cccc(O)c2)c2c(cc(O)c3c(=O)cc(-c4ccc(O)cc4)oc23)O1. The van der Waals surface area contributed by atoms with Crippen molar-refractivity contribution >= 4 is 16.9 Å². The van der Waals surface area contributed by atoms with E-state index in [0.29, 0.717) is 16.7 Å². The van der Waals surface area contributed by atoms with Gasteiger partial charge in [0.1, 0.15) is 39.7 Å². The summed E-state index contributed by atoms with van der Waals surface area (Å²) in [4.78, 5) is 25.1. The van der Waals surface area contributed by atoms with Gasteiger partial charge in [-0.25, -0.2) is 0 Å². The Balaban J connectivity index is 1.82. The lowest BCUT2D eigenvalue weighted by Gasteiger charge is -2.26. The predicted molar refractivity (Wildman–Crippen MR) is 111 cm³/mol. The highest BCUT2D eigenvalue weighted by Gasteiger charge is 2.33. The maximum absolute atomic E-state index is 12.9. The molecule has 1 aliphatic rings. The van der Waals surface area contributed by atoms with Crippen molar-refractivity contribution < 1.29 is 29.3 Å². The molecule has 0 fully saturated rings. The zero-order valence-corrected chi connectivity index (χ0v) is 16.0. The van der Waals surface area contributed by atoms with E-state index < -0.39 is 17.3 Å². The molecule has 0 saturated carbocycles. The van der Waals surface area contributed by atoms with E-state index in [4.69, 9.17) is 9.15 Å². The lowest BCUT2D eigenvalue weighted by molar-refractivity contribution is -0.135. The van der Waals surface area contributed by atoms with E-state index in [1.165, 1.54) is 36.4 Å². The van der Waals surface area contributed by atoms with Crippen LogP contribution in [0, 0.1) is 0 Å². The number of ether oxygens (including phenoxy) is 1. The number of phenols is 3. The molecule has 7 heteroatoms. The number of rotatable bonds is 2. The summed E-state index contributed by atoms with van der Waals surface area (Å²) in [6.07, 6.45) is -0.0243. The summed E-state index contributed by atoms with van der Waals surface area (Å²) in [5.74, 6) is -0.979. The first-order valence-corrected chi connectivity index (χ1v) is 9.53. The molecular weight excluding hydrogens is 400 g/mol. The molecule has 0 bridgehead atoms. The van der Waals surface area contributed by atoms with Crippen LogP contribution in [0.4, 0.5) is 0 Å². The Morgan fingerprint density at radius 1 is 0.871 bits per heavy atom. The Hall–Kier alpha value is -4.26. The molecule has 1 atom stereocenters. The van der Waals surface area contributed by atoms with Gasteiger partial charge in [0.05, 0.1) is 6.42 Å². The van der Waals surface area contributed by atoms with E-state index in [1.54, 1.807) is 24.3 Å². The van der Waals surface area contributed by atoms with Crippen molar-refractivity contribution in [3.63, 3.8) is 0 Å². The fourth-order valence-corrected chi connectivity index (χ4v) is 3.95. The maximum atomic E-state index is 12.9. The van der Waals surface area contributed by atoms with Crippen molar-refractivity contribution in [3.8, 4) is 34.3 Å². The summed E-state index contributed by atoms with van der Waals surface area (Å²) in [7, 11) is 0. The number of benzene rings is 3. The molecule has 2 heterocycles. The summed E-state index contributed by atoms with van der Waals surface area (Å²) < 4.78 is 11.4. The first kappa shape index (κ1) is 18.7. The molecular formula is C24H16O7. The lowest BCUT2D eigenvalue weighted by atomic mass is 9.85. The van der Waals surface area contributed by atoms with E-state index in [-0.39, 0.29) is 46.1 Å². The second-order valence-corrected chi connectivity index (χ2v) is 7.36. The van der Waals surface area contributed by atoms with Gasteiger partial charge in [-0.15, -0.1) is 0 Å². The third-order valence-electron chi connectivity index (χ3n) is 5.35. The normalized spacial score (nSPS) is 15.5. The molecule has 4 aromatic rings. The molecule has 0 amide bonds. The van der Waals surface area contributed by atoms with Crippen molar-refractivity contribution in [1.29, 1.82) is 0 Å². The molecule has 0 spiro atoms. The Kier molecular flexibility index (Phi) is 4.18. The zero-order chi connectivity index (χ0) is 21.7. The quantitative estimate of drug-likeness (QED) is 0.334. The van der Waals surface area contributed by atoms with Crippen LogP contribution in [0.25, 0.3) is 22.3 Å². The number of carbonyl (C=O) groups is 1. The van der Waals surface area contributed by atoms with Crippen LogP contribution in [-0.4, -0.2) is 21.3 Å². The van der Waals surface area contributed by atoms with Crippen molar-refractivity contribution in [2.75, 3.05) is 0 Å². The highest BCUT2D eigenvalue weighted by Crippen LogP contribution is 2.46. The largest absolute Gasteiger partial charge is 0.508 e. The van der Waals surface area contributed by atoms with Gasteiger partial charge in [0.2, 0.25) is 0 Å². The molecule has 3 N–H and O–H groups in total. The van der Waals surface area contributed by atoms with Crippen LogP contribution >= 0.6 is 0 Å². The van der Waals surface area contributed by atoms with Crippen molar-refractivity contribution in [2.24, 2.45) is 0 Å². The van der Waals surface area contributed by atoms with E-state index >= 15 is 0 Å². The number of phenolic OH excluding ortho intramolecular Hbond substituents is 3. The van der Waals surface area contributed by atoms with Gasteiger partial charge in [0.15, 0.2) is 5.43 Å². The smallest absolute Gasteiger partial charge is 0.312 e. The fraction of sp³-hybridized carbons (Fsp3) is 0.0833. The molecule has 1 aliphatic heterocycles. The van der Waals surface area contributed by atoms with Gasteiger partial charge in [-0.3, -0.25) is 9.59 Å². The van der Waals surface area contributed by atoms with Gasteiger partial charge in [0.25, 0.3) is 0 Å². The van der Waals surface area contributed by atoms with Crippen molar-refractivity contribution in [3.05, 3.63) is 82.0 Å². The predicted octanol–water partition coefficient (Wildman–Crippen LogP) is 4.02. The average Bonchev–Trinajstić information content (AvgIpc) is 2.73. The second kappa shape index (κ2) is 6.91. The van der Waals surface area contributed by atoms with Gasteiger partial charge < -0.3 is 24.5 Å². The topological polar surface area (TPSA) is 117 Å². The van der Waals surface area contributed by atoms with Crippen LogP contribution in [0.5, 0.6) is 23.0 Å². The number of aromatic hydroxyl groups is 3. The number of hydrogen-bond acceptors (Lipinski definition) is 7. The molecule has 0 saturated heterocycles. The molecule has 7 nitrogen and oxygen atoms in total. The van der Waals surface area contributed by atoms with Gasteiger partial charge in [-0.05, 0) is 42.0 Å².